The van der Waals surface area contributed by atoms with Crippen molar-refractivity contribution in [3.8, 4) is 0 Å². The predicted molar refractivity (Wildman–Crippen MR) is 69.7 cm³/mol. The molecule has 1 atom stereocenters. The van der Waals surface area contributed by atoms with E-state index < -0.39 is 10.0 Å². The lowest BCUT2D eigenvalue weighted by atomic mass is 10.2. The Morgan fingerprint density at radius 2 is 2.17 bits per heavy atom. The van der Waals surface area contributed by atoms with Gasteiger partial charge in [-0.1, -0.05) is 12.1 Å². The number of benzene rings is 1. The summed E-state index contributed by atoms with van der Waals surface area (Å²) in [6.45, 7) is 0.661. The van der Waals surface area contributed by atoms with Gasteiger partial charge in [0.2, 0.25) is 0 Å². The molecule has 1 heterocycles. The molecule has 0 aromatic heterocycles. The summed E-state index contributed by atoms with van der Waals surface area (Å²) in [5.74, 6) is 0.340. The van der Waals surface area contributed by atoms with E-state index in [0.717, 1.165) is 0 Å². The average Bonchev–Trinajstić information content (AvgIpc) is 2.60. The third kappa shape index (κ3) is 2.66. The third-order valence-corrected chi connectivity index (χ3v) is 4.12. The van der Waals surface area contributed by atoms with Crippen LogP contribution in [0.3, 0.4) is 0 Å². The number of amidine groups is 1. The van der Waals surface area contributed by atoms with Crippen LogP contribution >= 0.6 is 11.6 Å². The number of ether oxygens (including phenoxy) is 1. The maximum Gasteiger partial charge on any atom is 0.263 e. The molecule has 1 aliphatic rings. The van der Waals surface area contributed by atoms with Crippen molar-refractivity contribution in [3.05, 3.63) is 29.8 Å². The second-order valence-electron chi connectivity index (χ2n) is 3.84. The lowest BCUT2D eigenvalue weighted by Gasteiger charge is -2.05. The van der Waals surface area contributed by atoms with Crippen LogP contribution in [0.15, 0.2) is 34.2 Å². The highest BCUT2D eigenvalue weighted by atomic mass is 35.5. The van der Waals surface area contributed by atoms with Crippen molar-refractivity contribution < 1.29 is 13.2 Å². The maximum atomic E-state index is 11.8. The number of hydrogen-bond acceptors (Lipinski definition) is 4. The van der Waals surface area contributed by atoms with E-state index in [-0.39, 0.29) is 10.3 Å². The largest absolute Gasteiger partial charge is 0.383 e. The molecule has 18 heavy (non-hydrogen) atoms. The minimum atomic E-state index is -3.47. The molecule has 1 aromatic carbocycles. The highest BCUT2D eigenvalue weighted by molar-refractivity contribution is 7.90. The van der Waals surface area contributed by atoms with Crippen molar-refractivity contribution >= 4 is 27.5 Å². The fourth-order valence-corrected chi connectivity index (χ4v) is 3.12. The van der Waals surface area contributed by atoms with Crippen LogP contribution in [0.25, 0.3) is 0 Å². The zero-order valence-electron chi connectivity index (χ0n) is 9.76. The summed E-state index contributed by atoms with van der Waals surface area (Å²) in [6.07, 6.45) is 0. The van der Waals surface area contributed by atoms with Gasteiger partial charge in [0, 0.05) is 12.7 Å². The molecule has 0 saturated heterocycles. The van der Waals surface area contributed by atoms with Crippen LogP contribution in [0.5, 0.6) is 0 Å². The van der Waals surface area contributed by atoms with Crippen molar-refractivity contribution in [2.75, 3.05) is 20.3 Å². The van der Waals surface area contributed by atoms with Gasteiger partial charge < -0.3 is 4.74 Å². The van der Waals surface area contributed by atoms with Crippen molar-refractivity contribution in [2.24, 2.45) is 4.99 Å². The fraction of sp³-hybridized carbons (Fsp3) is 0.364. The Morgan fingerprint density at radius 3 is 2.89 bits per heavy atom. The summed E-state index contributed by atoms with van der Waals surface area (Å²) in [6, 6.07) is 6.71. The molecule has 1 aromatic rings. The lowest BCUT2D eigenvalue weighted by Crippen LogP contribution is -2.23. The zero-order chi connectivity index (χ0) is 13.2. The number of hydrogen-bond donors (Lipinski definition) is 1. The quantitative estimate of drug-likeness (QED) is 0.840. The first-order valence-electron chi connectivity index (χ1n) is 5.34. The monoisotopic (exact) mass is 288 g/mol. The van der Waals surface area contributed by atoms with Gasteiger partial charge in [-0.3, -0.25) is 9.71 Å². The van der Waals surface area contributed by atoms with Gasteiger partial charge in [0.25, 0.3) is 10.0 Å². The van der Waals surface area contributed by atoms with E-state index in [1.165, 1.54) is 0 Å². The fourth-order valence-electron chi connectivity index (χ4n) is 1.68. The molecule has 0 aliphatic carbocycles. The van der Waals surface area contributed by atoms with Crippen molar-refractivity contribution in [2.45, 2.75) is 10.3 Å². The topological polar surface area (TPSA) is 67.8 Å². The maximum absolute atomic E-state index is 11.8. The number of sulfonamides is 1. The van der Waals surface area contributed by atoms with Gasteiger partial charge in [-0.05, 0) is 12.1 Å². The number of alkyl halides is 1. The Balaban J connectivity index is 2.25. The predicted octanol–water partition coefficient (Wildman–Crippen LogP) is 0.979. The molecule has 0 amide bonds. The second-order valence-corrected chi connectivity index (χ2v) is 6.11. The number of rotatable bonds is 4. The Labute approximate surface area is 111 Å². The zero-order valence-corrected chi connectivity index (χ0v) is 11.3. The van der Waals surface area contributed by atoms with Crippen molar-refractivity contribution in [3.63, 3.8) is 0 Å². The number of halogens is 1. The molecular weight excluding hydrogens is 276 g/mol. The first-order chi connectivity index (χ1) is 8.54. The van der Waals surface area contributed by atoms with E-state index in [2.05, 4.69) is 9.71 Å². The summed E-state index contributed by atoms with van der Waals surface area (Å²) < 4.78 is 30.9. The molecular formula is C11H13ClN2O3S. The van der Waals surface area contributed by atoms with Gasteiger partial charge in [0.05, 0.1) is 23.4 Å². The summed E-state index contributed by atoms with van der Waals surface area (Å²) in [7, 11) is -1.92. The van der Waals surface area contributed by atoms with Gasteiger partial charge in [-0.2, -0.15) is 0 Å². The Morgan fingerprint density at radius 1 is 1.44 bits per heavy atom. The van der Waals surface area contributed by atoms with E-state index in [0.29, 0.717) is 24.6 Å². The van der Waals surface area contributed by atoms with Crippen LogP contribution in [0.4, 0.5) is 0 Å². The number of fused-ring (bicyclic) bond motifs is 1. The van der Waals surface area contributed by atoms with Crippen LogP contribution < -0.4 is 4.72 Å². The SMILES string of the molecule is COCC(Cl)CN=C1NS(=O)(=O)c2ccccc21. The van der Waals surface area contributed by atoms with Gasteiger partial charge in [0.15, 0.2) is 0 Å². The third-order valence-electron chi connectivity index (χ3n) is 2.46. The molecule has 0 spiro atoms. The minimum absolute atomic E-state index is 0.251. The van der Waals surface area contributed by atoms with Crippen molar-refractivity contribution in [1.29, 1.82) is 0 Å². The van der Waals surface area contributed by atoms with Gasteiger partial charge in [-0.25, -0.2) is 8.42 Å². The van der Waals surface area contributed by atoms with Crippen LogP contribution in [-0.2, 0) is 14.8 Å². The van der Waals surface area contributed by atoms with E-state index >= 15 is 0 Å². The number of nitrogens with one attached hydrogen (secondary N) is 1. The molecule has 0 fully saturated rings. The normalized spacial score (nSPS) is 20.4. The number of methoxy groups -OCH3 is 1. The molecule has 5 nitrogen and oxygen atoms in total. The number of nitrogens with zero attached hydrogens (tertiary/aromatic N) is 1. The average molecular weight is 289 g/mol. The molecule has 7 heteroatoms. The molecule has 1 aliphatic heterocycles. The molecule has 1 unspecified atom stereocenters. The van der Waals surface area contributed by atoms with Crippen LogP contribution in [0.2, 0.25) is 0 Å². The highest BCUT2D eigenvalue weighted by Gasteiger charge is 2.30. The number of aliphatic imine (C=N–C) groups is 1. The lowest BCUT2D eigenvalue weighted by molar-refractivity contribution is 0.199. The highest BCUT2D eigenvalue weighted by Crippen LogP contribution is 2.22. The van der Waals surface area contributed by atoms with E-state index in [4.69, 9.17) is 16.3 Å². The van der Waals surface area contributed by atoms with Gasteiger partial charge in [-0.15, -0.1) is 11.6 Å². The van der Waals surface area contributed by atoms with Crippen LogP contribution in [0.1, 0.15) is 5.56 Å². The molecule has 2 rings (SSSR count). The standard InChI is InChI=1S/C11H13ClN2O3S/c1-17-7-8(12)6-13-11-9-4-2-3-5-10(9)18(15,16)14-11/h2-5,8H,6-7H2,1H3,(H,13,14). The van der Waals surface area contributed by atoms with Gasteiger partial charge >= 0.3 is 0 Å². The van der Waals surface area contributed by atoms with Crippen LogP contribution in [-0.4, -0.2) is 39.9 Å². The summed E-state index contributed by atoms with van der Waals surface area (Å²) in [5.41, 5.74) is 0.582. The first kappa shape index (κ1) is 13.3. The molecule has 0 saturated carbocycles. The van der Waals surface area contributed by atoms with Crippen LogP contribution in [0, 0.1) is 0 Å². The minimum Gasteiger partial charge on any atom is -0.383 e. The van der Waals surface area contributed by atoms with E-state index in [1.807, 2.05) is 0 Å². The Kier molecular flexibility index (Phi) is 3.89. The smallest absolute Gasteiger partial charge is 0.263 e. The van der Waals surface area contributed by atoms with E-state index in [1.54, 1.807) is 31.4 Å². The second kappa shape index (κ2) is 5.26. The summed E-state index contributed by atoms with van der Waals surface area (Å²) in [4.78, 5) is 4.44. The first-order valence-corrected chi connectivity index (χ1v) is 7.26. The summed E-state index contributed by atoms with van der Waals surface area (Å²) in [5, 5.41) is -0.278. The molecule has 98 valence electrons. The molecule has 0 bridgehead atoms. The molecule has 1 N–H and O–H groups in total. The van der Waals surface area contributed by atoms with E-state index in [9.17, 15) is 8.42 Å². The Bertz CT molecular complexity index is 571. The Hall–Kier alpha value is -1.11. The van der Waals surface area contributed by atoms with Crippen molar-refractivity contribution in [1.82, 2.24) is 4.72 Å². The van der Waals surface area contributed by atoms with Gasteiger partial charge in [0.1, 0.15) is 5.84 Å². The summed E-state index contributed by atoms with van der Waals surface area (Å²) >= 11 is 5.95. The molecule has 0 radical (unpaired) electrons.